The van der Waals surface area contributed by atoms with Crippen molar-refractivity contribution in [2.75, 3.05) is 19.7 Å². The number of imidazole rings is 1. The van der Waals surface area contributed by atoms with Crippen molar-refractivity contribution in [2.24, 2.45) is 0 Å². The van der Waals surface area contributed by atoms with Gasteiger partial charge in [0.2, 0.25) is 5.88 Å². The molecule has 0 amide bonds. The average molecular weight is 555 g/mol. The molecular weight excluding hydrogens is 520 g/mol. The summed E-state index contributed by atoms with van der Waals surface area (Å²) in [7, 11) is 0. The molecule has 0 aliphatic carbocycles. The highest BCUT2D eigenvalue weighted by Gasteiger charge is 2.26. The van der Waals surface area contributed by atoms with E-state index in [0.29, 0.717) is 37.1 Å². The third kappa shape index (κ3) is 6.16. The molecule has 1 unspecified atom stereocenters. The monoisotopic (exact) mass is 554 g/mol. The lowest BCUT2D eigenvalue weighted by atomic mass is 9.93. The normalized spacial score (nSPS) is 17.8. The van der Waals surface area contributed by atoms with Crippen molar-refractivity contribution in [3.8, 4) is 5.88 Å². The van der Waals surface area contributed by atoms with Crippen LogP contribution in [0.3, 0.4) is 0 Å². The number of Topliss-reactive ketones (excluding diaryl/α,β-unsaturated/α-hetero) is 1. The van der Waals surface area contributed by atoms with E-state index in [1.807, 2.05) is 36.4 Å². The number of pyridine rings is 1. The molecule has 0 spiro atoms. The second kappa shape index (κ2) is 11.8. The molecule has 9 nitrogen and oxygen atoms in total. The lowest BCUT2D eigenvalue weighted by molar-refractivity contribution is -0.0592. The van der Waals surface area contributed by atoms with E-state index in [1.54, 1.807) is 25.1 Å². The molecule has 0 bridgehead atoms. The first-order valence-corrected chi connectivity index (χ1v) is 14.2. The van der Waals surface area contributed by atoms with Gasteiger partial charge in [-0.1, -0.05) is 30.3 Å². The third-order valence-corrected chi connectivity index (χ3v) is 8.12. The summed E-state index contributed by atoms with van der Waals surface area (Å²) in [5, 5.41) is 9.50. The third-order valence-electron chi connectivity index (χ3n) is 8.12. The van der Waals surface area contributed by atoms with Gasteiger partial charge >= 0.3 is 5.97 Å². The van der Waals surface area contributed by atoms with Crippen molar-refractivity contribution in [3.05, 3.63) is 88.9 Å². The molecule has 2 aliphatic heterocycles. The number of fused-ring (bicyclic) bond motifs is 1. The van der Waals surface area contributed by atoms with Gasteiger partial charge in [0, 0.05) is 29.8 Å². The van der Waals surface area contributed by atoms with Gasteiger partial charge in [0.1, 0.15) is 12.4 Å². The van der Waals surface area contributed by atoms with Crippen LogP contribution in [0.15, 0.2) is 60.7 Å². The Balaban J connectivity index is 1.09. The highest BCUT2D eigenvalue weighted by Crippen LogP contribution is 2.30. The summed E-state index contributed by atoms with van der Waals surface area (Å²) in [5.41, 5.74) is 4.66. The molecule has 0 saturated carbocycles. The lowest BCUT2D eigenvalue weighted by Gasteiger charge is -2.32. The standard InChI is InChI=1S/C32H34N4O5/c1-21(37)23-7-5-22(6-8-23)20-41-31-4-2-3-27(34-31)24-11-14-35(15-12-24)19-30-33-28-10-9-25(32(38)39)17-29(28)36(30)18-26-13-16-40-26/h2-10,17,24,26H,11-16,18-20H2,1H3,(H,38,39). The second-order valence-corrected chi connectivity index (χ2v) is 10.9. The van der Waals surface area contributed by atoms with Crippen LogP contribution in [0, 0.1) is 0 Å². The number of rotatable bonds is 10. The predicted molar refractivity (Wildman–Crippen MR) is 153 cm³/mol. The van der Waals surface area contributed by atoms with Crippen LogP contribution in [-0.4, -0.2) is 62.1 Å². The minimum Gasteiger partial charge on any atom is -0.478 e. The van der Waals surface area contributed by atoms with Gasteiger partial charge in [-0.2, -0.15) is 0 Å². The number of carbonyl (C=O) groups is 2. The second-order valence-electron chi connectivity index (χ2n) is 10.9. The van der Waals surface area contributed by atoms with Crippen molar-refractivity contribution < 1.29 is 24.2 Å². The van der Waals surface area contributed by atoms with Crippen LogP contribution >= 0.6 is 0 Å². The highest BCUT2D eigenvalue weighted by molar-refractivity contribution is 5.94. The number of nitrogens with zero attached hydrogens (tertiary/aromatic N) is 4. The number of ether oxygens (including phenoxy) is 2. The summed E-state index contributed by atoms with van der Waals surface area (Å²) < 4.78 is 13.8. The van der Waals surface area contributed by atoms with E-state index in [9.17, 15) is 14.7 Å². The van der Waals surface area contributed by atoms with Crippen LogP contribution < -0.4 is 4.74 Å². The Morgan fingerprint density at radius 1 is 1.00 bits per heavy atom. The van der Waals surface area contributed by atoms with Crippen molar-refractivity contribution >= 4 is 22.8 Å². The van der Waals surface area contributed by atoms with Gasteiger partial charge in [0.15, 0.2) is 5.78 Å². The minimum absolute atomic E-state index is 0.0501. The number of likely N-dealkylation sites (tertiary alicyclic amines) is 1. The molecule has 0 radical (unpaired) electrons. The van der Waals surface area contributed by atoms with Gasteiger partial charge in [-0.3, -0.25) is 9.69 Å². The van der Waals surface area contributed by atoms with E-state index in [1.165, 1.54) is 0 Å². The maximum atomic E-state index is 11.6. The van der Waals surface area contributed by atoms with Gasteiger partial charge in [-0.25, -0.2) is 14.8 Å². The van der Waals surface area contributed by atoms with Crippen molar-refractivity contribution in [2.45, 2.75) is 57.9 Å². The Morgan fingerprint density at radius 2 is 1.76 bits per heavy atom. The topological polar surface area (TPSA) is 107 Å². The number of aromatic nitrogens is 3. The Hall–Kier alpha value is -4.08. The molecule has 2 saturated heterocycles. The zero-order chi connectivity index (χ0) is 28.3. The first-order chi connectivity index (χ1) is 19.9. The molecule has 2 fully saturated rings. The van der Waals surface area contributed by atoms with E-state index in [4.69, 9.17) is 19.4 Å². The highest BCUT2D eigenvalue weighted by atomic mass is 16.5. The quantitative estimate of drug-likeness (QED) is 0.271. The Labute approximate surface area is 238 Å². The van der Waals surface area contributed by atoms with Crippen LogP contribution in [-0.2, 0) is 24.4 Å². The molecule has 2 aromatic heterocycles. The first kappa shape index (κ1) is 27.1. The summed E-state index contributed by atoms with van der Waals surface area (Å²) in [6.07, 6.45) is 3.12. The Bertz CT molecular complexity index is 1550. The molecule has 9 heteroatoms. The Morgan fingerprint density at radius 3 is 2.44 bits per heavy atom. The zero-order valence-corrected chi connectivity index (χ0v) is 23.2. The van der Waals surface area contributed by atoms with E-state index in [0.717, 1.165) is 67.1 Å². The smallest absolute Gasteiger partial charge is 0.335 e. The Kier molecular flexibility index (Phi) is 7.80. The molecule has 1 atom stereocenters. The van der Waals surface area contributed by atoms with Crippen LogP contribution in [0.25, 0.3) is 11.0 Å². The molecule has 4 aromatic rings. The number of carboxylic acids is 1. The summed E-state index contributed by atoms with van der Waals surface area (Å²) >= 11 is 0. The molecule has 1 N–H and O–H groups in total. The fraction of sp³-hybridized carbons (Fsp3) is 0.375. The summed E-state index contributed by atoms with van der Waals surface area (Å²) in [5.74, 6) is 1.02. The number of hydrogen-bond acceptors (Lipinski definition) is 7. The summed E-state index contributed by atoms with van der Waals surface area (Å²) in [6.45, 7) is 5.96. The lowest BCUT2D eigenvalue weighted by Crippen LogP contribution is -2.35. The van der Waals surface area contributed by atoms with Crippen molar-refractivity contribution in [1.82, 2.24) is 19.4 Å². The van der Waals surface area contributed by atoms with Crippen LogP contribution in [0.1, 0.15) is 69.9 Å². The first-order valence-electron chi connectivity index (χ1n) is 14.2. The summed E-state index contributed by atoms with van der Waals surface area (Å²) in [4.78, 5) is 35.2. The van der Waals surface area contributed by atoms with Gasteiger partial charge in [-0.05, 0) is 69.1 Å². The van der Waals surface area contributed by atoms with Crippen molar-refractivity contribution in [3.63, 3.8) is 0 Å². The van der Waals surface area contributed by atoms with Crippen LogP contribution in [0.5, 0.6) is 5.88 Å². The fourth-order valence-corrected chi connectivity index (χ4v) is 5.58. The SMILES string of the molecule is CC(=O)c1ccc(COc2cccc(C3CCN(Cc4nc5ccc(C(=O)O)cc5n4CC4CCO4)CC3)n2)cc1. The van der Waals surface area contributed by atoms with Gasteiger partial charge < -0.3 is 19.1 Å². The van der Waals surface area contributed by atoms with Gasteiger partial charge in [-0.15, -0.1) is 0 Å². The van der Waals surface area contributed by atoms with Gasteiger partial charge in [0.05, 0.1) is 35.8 Å². The van der Waals surface area contributed by atoms with Crippen LogP contribution in [0.2, 0.25) is 0 Å². The molecule has 2 aliphatic rings. The number of benzene rings is 2. The number of piperidine rings is 1. The number of ketones is 1. The molecule has 4 heterocycles. The van der Waals surface area contributed by atoms with E-state index in [-0.39, 0.29) is 17.5 Å². The molecule has 2 aromatic carbocycles. The molecular formula is C32H34N4O5. The number of aromatic carboxylic acids is 1. The fourth-order valence-electron chi connectivity index (χ4n) is 5.58. The maximum Gasteiger partial charge on any atom is 0.335 e. The number of hydrogen-bond donors (Lipinski definition) is 1. The zero-order valence-electron chi connectivity index (χ0n) is 23.2. The average Bonchev–Trinajstić information content (AvgIpc) is 3.30. The van der Waals surface area contributed by atoms with Crippen LogP contribution in [0.4, 0.5) is 0 Å². The summed E-state index contributed by atoms with van der Waals surface area (Å²) in [6, 6.07) is 18.6. The van der Waals surface area contributed by atoms with Gasteiger partial charge in [0.25, 0.3) is 0 Å². The number of carbonyl (C=O) groups excluding carboxylic acids is 1. The van der Waals surface area contributed by atoms with E-state index < -0.39 is 5.97 Å². The van der Waals surface area contributed by atoms with Crippen molar-refractivity contribution in [1.29, 1.82) is 0 Å². The molecule has 212 valence electrons. The predicted octanol–water partition coefficient (Wildman–Crippen LogP) is 5.08. The maximum absolute atomic E-state index is 11.6. The molecule has 41 heavy (non-hydrogen) atoms. The van der Waals surface area contributed by atoms with E-state index in [2.05, 4.69) is 15.5 Å². The largest absolute Gasteiger partial charge is 0.478 e. The number of carboxylic acid groups (broad SMARTS) is 1. The van der Waals surface area contributed by atoms with E-state index >= 15 is 0 Å². The minimum atomic E-state index is -0.936. The molecule has 6 rings (SSSR count).